The molecule has 0 bridgehead atoms. The molecule has 0 amide bonds. The zero-order valence-electron chi connectivity index (χ0n) is 12.0. The van der Waals surface area contributed by atoms with E-state index in [0.29, 0.717) is 18.1 Å². The quantitative estimate of drug-likeness (QED) is 0.871. The molecule has 3 atom stereocenters. The summed E-state index contributed by atoms with van der Waals surface area (Å²) >= 11 is 3.65. The third-order valence-corrected chi connectivity index (χ3v) is 4.52. The largest absolute Gasteiger partial charge is 0.378 e. The lowest BCUT2D eigenvalue weighted by Crippen LogP contribution is -2.34. The second kappa shape index (κ2) is 6.86. The molecule has 5 heteroatoms. The third-order valence-electron chi connectivity index (χ3n) is 3.90. The number of ether oxygens (including phenoxy) is 1. The maximum atomic E-state index is 5.75. The first kappa shape index (κ1) is 15.0. The molecule has 2 heterocycles. The van der Waals surface area contributed by atoms with E-state index in [4.69, 9.17) is 4.74 Å². The molecule has 4 nitrogen and oxygen atoms in total. The highest BCUT2D eigenvalue weighted by molar-refractivity contribution is 9.10. The lowest BCUT2D eigenvalue weighted by molar-refractivity contribution is 0.0942. The van der Waals surface area contributed by atoms with Crippen molar-refractivity contribution in [3.63, 3.8) is 0 Å². The maximum absolute atomic E-state index is 5.75. The predicted molar refractivity (Wildman–Crippen MR) is 80.2 cm³/mol. The highest BCUT2D eigenvalue weighted by atomic mass is 79.9. The van der Waals surface area contributed by atoms with E-state index in [1.54, 1.807) is 0 Å². The zero-order valence-corrected chi connectivity index (χ0v) is 13.6. The van der Waals surface area contributed by atoms with Crippen LogP contribution in [0.5, 0.6) is 0 Å². The summed E-state index contributed by atoms with van der Waals surface area (Å²) in [5.74, 6) is 0.518. The van der Waals surface area contributed by atoms with E-state index in [1.807, 2.05) is 6.20 Å². The summed E-state index contributed by atoms with van der Waals surface area (Å²) in [6.07, 6.45) is 4.46. The molecule has 1 aliphatic heterocycles. The molecular weight excluding hydrogens is 306 g/mol. The van der Waals surface area contributed by atoms with Crippen LogP contribution >= 0.6 is 15.9 Å². The van der Waals surface area contributed by atoms with Crippen molar-refractivity contribution in [2.45, 2.75) is 52.3 Å². The molecule has 1 fully saturated rings. The van der Waals surface area contributed by atoms with Gasteiger partial charge in [-0.1, -0.05) is 6.92 Å². The van der Waals surface area contributed by atoms with Gasteiger partial charge in [-0.25, -0.2) is 0 Å². The SMILES string of the molecule is CCCNC(c1c(Br)cnn1CC)C1CCOC1C. The van der Waals surface area contributed by atoms with Crippen molar-refractivity contribution < 1.29 is 4.74 Å². The zero-order chi connectivity index (χ0) is 13.8. The minimum atomic E-state index is 0.307. The number of aryl methyl sites for hydroxylation is 1. The van der Waals surface area contributed by atoms with Crippen molar-refractivity contribution >= 4 is 15.9 Å². The number of nitrogens with one attached hydrogen (secondary N) is 1. The molecular formula is C14H24BrN3O. The molecule has 0 aromatic carbocycles. The minimum Gasteiger partial charge on any atom is -0.378 e. The summed E-state index contributed by atoms with van der Waals surface area (Å²) < 4.78 is 8.94. The van der Waals surface area contributed by atoms with Crippen LogP contribution in [0.2, 0.25) is 0 Å². The second-order valence-corrected chi connectivity index (χ2v) is 6.01. The molecule has 2 rings (SSSR count). The molecule has 1 aliphatic rings. The Balaban J connectivity index is 2.28. The molecule has 19 heavy (non-hydrogen) atoms. The van der Waals surface area contributed by atoms with Crippen LogP contribution in [0.3, 0.4) is 0 Å². The summed E-state index contributed by atoms with van der Waals surface area (Å²) in [5.41, 5.74) is 1.26. The lowest BCUT2D eigenvalue weighted by atomic mass is 9.91. The van der Waals surface area contributed by atoms with Gasteiger partial charge in [0.2, 0.25) is 0 Å². The highest BCUT2D eigenvalue weighted by Gasteiger charge is 2.35. The maximum Gasteiger partial charge on any atom is 0.0699 e. The summed E-state index contributed by atoms with van der Waals surface area (Å²) in [6.45, 7) is 9.30. The van der Waals surface area contributed by atoms with Gasteiger partial charge in [0.15, 0.2) is 0 Å². The number of hydrogen-bond acceptors (Lipinski definition) is 3. The summed E-state index contributed by atoms with van der Waals surface area (Å²) in [6, 6.07) is 0.314. The molecule has 1 aromatic heterocycles. The van der Waals surface area contributed by atoms with E-state index in [1.165, 1.54) is 5.69 Å². The number of hydrogen-bond donors (Lipinski definition) is 1. The molecule has 1 N–H and O–H groups in total. The van der Waals surface area contributed by atoms with Gasteiger partial charge in [-0.05, 0) is 49.2 Å². The van der Waals surface area contributed by atoms with Gasteiger partial charge in [0.05, 0.1) is 28.5 Å². The Morgan fingerprint density at radius 1 is 1.58 bits per heavy atom. The van der Waals surface area contributed by atoms with Gasteiger partial charge in [-0.15, -0.1) is 0 Å². The van der Waals surface area contributed by atoms with Crippen molar-refractivity contribution in [2.24, 2.45) is 5.92 Å². The molecule has 0 spiro atoms. The highest BCUT2D eigenvalue weighted by Crippen LogP contribution is 2.36. The molecule has 0 saturated carbocycles. The minimum absolute atomic E-state index is 0.307. The van der Waals surface area contributed by atoms with E-state index in [9.17, 15) is 0 Å². The fraction of sp³-hybridized carbons (Fsp3) is 0.786. The van der Waals surface area contributed by atoms with Gasteiger partial charge in [0.1, 0.15) is 0 Å². The lowest BCUT2D eigenvalue weighted by Gasteiger charge is -2.28. The van der Waals surface area contributed by atoms with Gasteiger partial charge in [0.25, 0.3) is 0 Å². The van der Waals surface area contributed by atoms with Gasteiger partial charge < -0.3 is 10.1 Å². The summed E-state index contributed by atoms with van der Waals surface area (Å²) in [7, 11) is 0. The summed E-state index contributed by atoms with van der Waals surface area (Å²) in [4.78, 5) is 0. The molecule has 0 radical (unpaired) electrons. The van der Waals surface area contributed by atoms with Gasteiger partial charge in [0, 0.05) is 19.1 Å². The van der Waals surface area contributed by atoms with Crippen molar-refractivity contribution in [1.82, 2.24) is 15.1 Å². The first-order valence-corrected chi connectivity index (χ1v) is 8.04. The Bertz CT molecular complexity index is 407. The van der Waals surface area contributed by atoms with Crippen LogP contribution in [0.1, 0.15) is 45.3 Å². The molecule has 3 unspecified atom stereocenters. The second-order valence-electron chi connectivity index (χ2n) is 5.15. The van der Waals surface area contributed by atoms with E-state index < -0.39 is 0 Å². The Morgan fingerprint density at radius 3 is 2.95 bits per heavy atom. The third kappa shape index (κ3) is 3.20. The van der Waals surface area contributed by atoms with Crippen molar-refractivity contribution in [1.29, 1.82) is 0 Å². The number of aromatic nitrogens is 2. The number of halogens is 1. The topological polar surface area (TPSA) is 39.1 Å². The Labute approximate surface area is 124 Å². The fourth-order valence-electron chi connectivity index (χ4n) is 2.87. The van der Waals surface area contributed by atoms with E-state index in [-0.39, 0.29) is 0 Å². The predicted octanol–water partition coefficient (Wildman–Crippen LogP) is 3.13. The van der Waals surface area contributed by atoms with Crippen LogP contribution in [0, 0.1) is 5.92 Å². The van der Waals surface area contributed by atoms with Gasteiger partial charge in [-0.3, -0.25) is 4.68 Å². The average molecular weight is 330 g/mol. The first-order chi connectivity index (χ1) is 9.19. The van der Waals surface area contributed by atoms with Crippen LogP contribution in [0.25, 0.3) is 0 Å². The van der Waals surface area contributed by atoms with Crippen molar-refractivity contribution in [3.05, 3.63) is 16.4 Å². The molecule has 0 aliphatic carbocycles. The van der Waals surface area contributed by atoms with Crippen molar-refractivity contribution in [3.8, 4) is 0 Å². The number of rotatable bonds is 6. The van der Waals surface area contributed by atoms with Crippen LogP contribution in [0.4, 0.5) is 0 Å². The molecule has 108 valence electrons. The Hall–Kier alpha value is -0.390. The van der Waals surface area contributed by atoms with Crippen LogP contribution in [-0.4, -0.2) is 29.0 Å². The van der Waals surface area contributed by atoms with Gasteiger partial charge in [-0.2, -0.15) is 5.10 Å². The summed E-state index contributed by atoms with van der Waals surface area (Å²) in [5, 5.41) is 8.14. The average Bonchev–Trinajstić information content (AvgIpc) is 2.98. The smallest absolute Gasteiger partial charge is 0.0699 e. The molecule has 1 aromatic rings. The van der Waals surface area contributed by atoms with Crippen LogP contribution in [0.15, 0.2) is 10.7 Å². The van der Waals surface area contributed by atoms with E-state index in [2.05, 4.69) is 51.8 Å². The number of nitrogens with zero attached hydrogens (tertiary/aromatic N) is 2. The Morgan fingerprint density at radius 2 is 2.37 bits per heavy atom. The Kier molecular flexibility index (Phi) is 5.42. The van der Waals surface area contributed by atoms with Crippen molar-refractivity contribution in [2.75, 3.05) is 13.2 Å². The van der Waals surface area contributed by atoms with Crippen LogP contribution in [-0.2, 0) is 11.3 Å². The molecule has 1 saturated heterocycles. The monoisotopic (exact) mass is 329 g/mol. The van der Waals surface area contributed by atoms with E-state index in [0.717, 1.165) is 37.0 Å². The standard InChI is InChI=1S/C14H24BrN3O/c1-4-7-16-13(11-6-8-19-10(11)3)14-12(15)9-17-18(14)5-2/h9-11,13,16H,4-8H2,1-3H3. The fourth-order valence-corrected chi connectivity index (χ4v) is 3.41. The first-order valence-electron chi connectivity index (χ1n) is 7.25. The normalized spacial score (nSPS) is 24.8. The van der Waals surface area contributed by atoms with Gasteiger partial charge >= 0.3 is 0 Å². The van der Waals surface area contributed by atoms with E-state index >= 15 is 0 Å². The van der Waals surface area contributed by atoms with Crippen LogP contribution < -0.4 is 5.32 Å².